The molecular formula is C15H19N3O3. The zero-order chi connectivity index (χ0) is 15.1. The van der Waals surface area contributed by atoms with Crippen molar-refractivity contribution in [3.05, 3.63) is 30.0 Å². The van der Waals surface area contributed by atoms with E-state index in [1.54, 1.807) is 0 Å². The van der Waals surface area contributed by atoms with Crippen LogP contribution in [-0.2, 0) is 4.74 Å². The van der Waals surface area contributed by atoms with E-state index < -0.39 is 5.97 Å². The van der Waals surface area contributed by atoms with E-state index in [4.69, 9.17) is 4.74 Å². The summed E-state index contributed by atoms with van der Waals surface area (Å²) in [5, 5.41) is 20.9. The maximum absolute atomic E-state index is 11.3. The third kappa shape index (κ3) is 3.88. The van der Waals surface area contributed by atoms with Gasteiger partial charge >= 0.3 is 5.97 Å². The Bertz CT molecular complexity index is 616. The Kier molecular flexibility index (Phi) is 5.45. The van der Waals surface area contributed by atoms with E-state index in [9.17, 15) is 9.90 Å². The summed E-state index contributed by atoms with van der Waals surface area (Å²) in [7, 11) is 0. The zero-order valence-electron chi connectivity index (χ0n) is 12.0. The van der Waals surface area contributed by atoms with Crippen molar-refractivity contribution in [3.63, 3.8) is 0 Å². The van der Waals surface area contributed by atoms with Gasteiger partial charge in [0.05, 0.1) is 11.2 Å². The number of hydrogen-bond acceptors (Lipinski definition) is 5. The highest BCUT2D eigenvalue weighted by atomic mass is 16.5. The monoisotopic (exact) mass is 289 g/mol. The van der Waals surface area contributed by atoms with Gasteiger partial charge in [-0.3, -0.25) is 0 Å². The van der Waals surface area contributed by atoms with Crippen LogP contribution in [0.3, 0.4) is 0 Å². The molecular weight excluding hydrogens is 270 g/mol. The summed E-state index contributed by atoms with van der Waals surface area (Å²) in [5.74, 6) is -1.09. The highest BCUT2D eigenvalue weighted by Gasteiger charge is 2.15. The van der Waals surface area contributed by atoms with Crippen LogP contribution in [0.1, 0.15) is 30.3 Å². The van der Waals surface area contributed by atoms with Gasteiger partial charge in [-0.15, -0.1) is 10.2 Å². The predicted molar refractivity (Wildman–Crippen MR) is 80.7 cm³/mol. The lowest BCUT2D eigenvalue weighted by atomic mass is 10.1. The topological polar surface area (TPSA) is 84.3 Å². The number of carboxylic acid groups (broad SMARTS) is 1. The third-order valence-electron chi connectivity index (χ3n) is 2.99. The fourth-order valence-electron chi connectivity index (χ4n) is 2.02. The van der Waals surface area contributed by atoms with Crippen LogP contribution in [0.4, 0.5) is 5.69 Å². The fourth-order valence-corrected chi connectivity index (χ4v) is 2.02. The van der Waals surface area contributed by atoms with Crippen molar-refractivity contribution >= 4 is 22.6 Å². The van der Waals surface area contributed by atoms with Crippen LogP contribution >= 0.6 is 0 Å². The molecule has 0 saturated heterocycles. The number of rotatable bonds is 8. The van der Waals surface area contributed by atoms with Gasteiger partial charge in [-0.05, 0) is 18.9 Å². The van der Waals surface area contributed by atoms with Crippen LogP contribution in [0, 0.1) is 0 Å². The van der Waals surface area contributed by atoms with Gasteiger partial charge in [0, 0.05) is 25.1 Å². The van der Waals surface area contributed by atoms with Gasteiger partial charge in [0.25, 0.3) is 0 Å². The Hall–Kier alpha value is -2.21. The molecule has 0 fully saturated rings. The molecule has 0 unspecified atom stereocenters. The van der Waals surface area contributed by atoms with Crippen molar-refractivity contribution in [2.75, 3.05) is 25.1 Å². The number of aromatic nitrogens is 2. The van der Waals surface area contributed by atoms with Crippen molar-refractivity contribution in [1.82, 2.24) is 10.2 Å². The zero-order valence-corrected chi connectivity index (χ0v) is 12.0. The Morgan fingerprint density at radius 3 is 2.86 bits per heavy atom. The largest absolute Gasteiger partial charge is 0.476 e. The summed E-state index contributed by atoms with van der Waals surface area (Å²) in [4.78, 5) is 11.3. The van der Waals surface area contributed by atoms with E-state index in [2.05, 4.69) is 22.4 Å². The molecule has 0 aliphatic heterocycles. The molecule has 112 valence electrons. The Morgan fingerprint density at radius 1 is 1.29 bits per heavy atom. The lowest BCUT2D eigenvalue weighted by Gasteiger charge is -2.11. The summed E-state index contributed by atoms with van der Waals surface area (Å²) < 4.78 is 5.40. The molecule has 0 amide bonds. The summed E-state index contributed by atoms with van der Waals surface area (Å²) in [6, 6.07) is 7.35. The molecule has 2 N–H and O–H groups in total. The second kappa shape index (κ2) is 7.54. The van der Waals surface area contributed by atoms with Gasteiger partial charge in [0.15, 0.2) is 5.69 Å². The van der Waals surface area contributed by atoms with E-state index in [-0.39, 0.29) is 5.69 Å². The number of hydrogen-bond donors (Lipinski definition) is 2. The number of benzene rings is 1. The molecule has 21 heavy (non-hydrogen) atoms. The Balaban J connectivity index is 2.12. The molecule has 1 aromatic carbocycles. The molecule has 1 aromatic heterocycles. The fraction of sp³-hybridized carbons (Fsp3) is 0.400. The van der Waals surface area contributed by atoms with Crippen LogP contribution in [0.25, 0.3) is 10.9 Å². The Morgan fingerprint density at radius 2 is 2.10 bits per heavy atom. The van der Waals surface area contributed by atoms with Crippen LogP contribution < -0.4 is 5.32 Å². The van der Waals surface area contributed by atoms with E-state index in [1.165, 1.54) is 0 Å². The van der Waals surface area contributed by atoms with Crippen molar-refractivity contribution in [2.24, 2.45) is 0 Å². The van der Waals surface area contributed by atoms with Crippen LogP contribution in [0.15, 0.2) is 24.3 Å². The normalized spacial score (nSPS) is 10.7. The first kappa shape index (κ1) is 15.2. The van der Waals surface area contributed by atoms with E-state index in [1.807, 2.05) is 24.3 Å². The quantitative estimate of drug-likeness (QED) is 0.727. The second-order valence-electron chi connectivity index (χ2n) is 4.64. The van der Waals surface area contributed by atoms with Gasteiger partial charge in [-0.1, -0.05) is 25.1 Å². The Labute approximate surface area is 123 Å². The van der Waals surface area contributed by atoms with Crippen molar-refractivity contribution < 1.29 is 14.6 Å². The molecule has 2 rings (SSSR count). The van der Waals surface area contributed by atoms with E-state index in [0.29, 0.717) is 24.4 Å². The molecule has 0 spiro atoms. The standard InChI is InChI=1S/C15H19N3O3/c1-2-9-21-10-5-8-16-13-11-6-3-4-7-12(11)17-18-14(13)15(19)20/h3-4,6-7H,2,5,8-10H2,1H3,(H,16,17)(H,19,20). The SMILES string of the molecule is CCCOCCCNc1c(C(=O)O)nnc2ccccc12. The van der Waals surface area contributed by atoms with Gasteiger partial charge in [-0.2, -0.15) is 0 Å². The van der Waals surface area contributed by atoms with E-state index in [0.717, 1.165) is 24.8 Å². The molecule has 0 radical (unpaired) electrons. The van der Waals surface area contributed by atoms with Crippen molar-refractivity contribution in [3.8, 4) is 0 Å². The number of anilines is 1. The minimum absolute atomic E-state index is 0.0526. The highest BCUT2D eigenvalue weighted by molar-refractivity contribution is 6.02. The number of nitrogens with zero attached hydrogens (tertiary/aromatic N) is 2. The first-order valence-corrected chi connectivity index (χ1v) is 7.04. The minimum Gasteiger partial charge on any atom is -0.476 e. The first-order valence-electron chi connectivity index (χ1n) is 7.04. The smallest absolute Gasteiger partial charge is 0.358 e. The minimum atomic E-state index is -1.09. The molecule has 6 heteroatoms. The average Bonchev–Trinajstić information content (AvgIpc) is 2.50. The molecule has 0 bridgehead atoms. The average molecular weight is 289 g/mol. The number of fused-ring (bicyclic) bond motifs is 1. The van der Waals surface area contributed by atoms with Gasteiger partial charge in [-0.25, -0.2) is 4.79 Å². The lowest BCUT2D eigenvalue weighted by Crippen LogP contribution is -2.12. The van der Waals surface area contributed by atoms with Crippen LogP contribution in [0.2, 0.25) is 0 Å². The number of carbonyl (C=O) groups is 1. The molecule has 6 nitrogen and oxygen atoms in total. The van der Waals surface area contributed by atoms with Gasteiger partial charge < -0.3 is 15.2 Å². The molecule has 1 heterocycles. The maximum atomic E-state index is 11.3. The van der Waals surface area contributed by atoms with Crippen molar-refractivity contribution in [1.29, 1.82) is 0 Å². The van der Waals surface area contributed by atoms with Crippen molar-refractivity contribution in [2.45, 2.75) is 19.8 Å². The van der Waals surface area contributed by atoms with Crippen LogP contribution in [0.5, 0.6) is 0 Å². The second-order valence-corrected chi connectivity index (χ2v) is 4.64. The number of ether oxygens (including phenoxy) is 1. The van der Waals surface area contributed by atoms with Gasteiger partial charge in [0.2, 0.25) is 0 Å². The first-order chi connectivity index (χ1) is 10.2. The predicted octanol–water partition coefficient (Wildman–Crippen LogP) is 2.56. The molecule has 0 aliphatic rings. The molecule has 2 aromatic rings. The van der Waals surface area contributed by atoms with Crippen LogP contribution in [-0.4, -0.2) is 41.0 Å². The van der Waals surface area contributed by atoms with E-state index >= 15 is 0 Å². The summed E-state index contributed by atoms with van der Waals surface area (Å²) >= 11 is 0. The number of carboxylic acids is 1. The number of aromatic carboxylic acids is 1. The lowest BCUT2D eigenvalue weighted by molar-refractivity contribution is 0.0690. The summed E-state index contributed by atoms with van der Waals surface area (Å²) in [5.41, 5.74) is 1.14. The molecule has 0 aliphatic carbocycles. The summed E-state index contributed by atoms with van der Waals surface area (Å²) in [6.07, 6.45) is 1.80. The third-order valence-corrected chi connectivity index (χ3v) is 2.99. The number of nitrogens with one attached hydrogen (secondary N) is 1. The molecule has 0 atom stereocenters. The summed E-state index contributed by atoms with van der Waals surface area (Å²) in [6.45, 7) is 4.09. The maximum Gasteiger partial charge on any atom is 0.358 e. The van der Waals surface area contributed by atoms with Gasteiger partial charge in [0.1, 0.15) is 0 Å². The molecule has 0 saturated carbocycles. The highest BCUT2D eigenvalue weighted by Crippen LogP contribution is 2.24.